The predicted octanol–water partition coefficient (Wildman–Crippen LogP) is 2.46. The maximum Gasteiger partial charge on any atom is 0.253 e. The van der Waals surface area contributed by atoms with Crippen molar-refractivity contribution in [2.24, 2.45) is 10.2 Å². The lowest BCUT2D eigenvalue weighted by atomic mass is 10.1. The van der Waals surface area contributed by atoms with Crippen molar-refractivity contribution in [2.45, 2.75) is 6.54 Å². The molecule has 0 saturated carbocycles. The number of hydrogen-bond donors (Lipinski definition) is 1. The molecule has 0 aliphatic carbocycles. The third kappa shape index (κ3) is 3.05. The van der Waals surface area contributed by atoms with E-state index in [1.807, 2.05) is 11.0 Å². The van der Waals surface area contributed by atoms with Gasteiger partial charge in [0.1, 0.15) is 12.5 Å². The average molecular weight is 284 g/mol. The molecule has 1 N–H and O–H groups in total. The van der Waals surface area contributed by atoms with Crippen LogP contribution in [0.25, 0.3) is 0 Å². The molecule has 0 spiro atoms. The van der Waals surface area contributed by atoms with Gasteiger partial charge >= 0.3 is 0 Å². The van der Waals surface area contributed by atoms with Gasteiger partial charge in [0.2, 0.25) is 0 Å². The van der Waals surface area contributed by atoms with E-state index in [4.69, 9.17) is 0 Å². The van der Waals surface area contributed by atoms with Crippen LogP contribution in [-0.4, -0.2) is 17.5 Å². The Morgan fingerprint density at radius 1 is 1.29 bits per heavy atom. The Bertz CT molecular complexity index is 673. The number of nitrogens with zero attached hydrogens (tertiary/aromatic N) is 3. The van der Waals surface area contributed by atoms with E-state index in [9.17, 15) is 9.18 Å². The van der Waals surface area contributed by atoms with Crippen molar-refractivity contribution in [1.82, 2.24) is 10.2 Å². The van der Waals surface area contributed by atoms with Crippen LogP contribution in [0.1, 0.15) is 5.56 Å². The fraction of sp³-hybridized carbons (Fsp3) is 0.133. The Morgan fingerprint density at radius 3 is 2.90 bits per heavy atom. The molecule has 2 heterocycles. The molecule has 0 bridgehead atoms. The summed E-state index contributed by atoms with van der Waals surface area (Å²) in [6.07, 6.45) is 6.95. The summed E-state index contributed by atoms with van der Waals surface area (Å²) in [6, 6.07) is 6.04. The summed E-state index contributed by atoms with van der Waals surface area (Å²) in [5.41, 5.74) is 2.30. The molecule has 3 rings (SSSR count). The number of hydrogen-bond acceptors (Lipinski definition) is 4. The quantitative estimate of drug-likeness (QED) is 0.927. The average Bonchev–Trinajstić information content (AvgIpc) is 2.53. The molecule has 0 radical (unpaired) electrons. The van der Waals surface area contributed by atoms with Crippen LogP contribution in [0.3, 0.4) is 0 Å². The number of rotatable bonds is 3. The van der Waals surface area contributed by atoms with Gasteiger partial charge in [0.25, 0.3) is 5.91 Å². The van der Waals surface area contributed by atoms with Crippen LogP contribution in [0, 0.1) is 5.82 Å². The molecular formula is C15H13FN4O. The Hall–Kier alpha value is -2.76. The molecule has 2 aliphatic heterocycles. The minimum Gasteiger partial charge on any atom is -0.348 e. The van der Waals surface area contributed by atoms with Crippen molar-refractivity contribution in [3.63, 3.8) is 0 Å². The van der Waals surface area contributed by atoms with Gasteiger partial charge in [-0.1, -0.05) is 12.1 Å². The summed E-state index contributed by atoms with van der Waals surface area (Å²) < 4.78 is 12.8. The Morgan fingerprint density at radius 2 is 2.10 bits per heavy atom. The fourth-order valence-corrected chi connectivity index (χ4v) is 2.02. The van der Waals surface area contributed by atoms with Crippen molar-refractivity contribution in [2.75, 3.05) is 6.67 Å². The Kier molecular flexibility index (Phi) is 3.59. The standard InChI is InChI=1S/C15H13FN4O/c16-13-4-1-11(2-5-13)7-17-15(21)12-3-6-14-8-18-19-10-20(14)9-12/h1-6,8-9H,7,10H2,(H,17,21). The van der Waals surface area contributed by atoms with E-state index < -0.39 is 0 Å². The van der Waals surface area contributed by atoms with E-state index in [0.29, 0.717) is 18.8 Å². The number of benzene rings is 1. The number of nitrogens with one attached hydrogen (secondary N) is 1. The fourth-order valence-electron chi connectivity index (χ4n) is 2.02. The van der Waals surface area contributed by atoms with Crippen LogP contribution < -0.4 is 5.32 Å². The summed E-state index contributed by atoms with van der Waals surface area (Å²) in [4.78, 5) is 14.0. The highest BCUT2D eigenvalue weighted by molar-refractivity contribution is 5.96. The van der Waals surface area contributed by atoms with E-state index in [1.54, 1.807) is 30.6 Å². The zero-order chi connectivity index (χ0) is 14.7. The first-order valence-corrected chi connectivity index (χ1v) is 6.48. The topological polar surface area (TPSA) is 57.1 Å². The Balaban J connectivity index is 1.62. The van der Waals surface area contributed by atoms with Crippen LogP contribution in [0.4, 0.5) is 4.39 Å². The van der Waals surface area contributed by atoms with Gasteiger partial charge in [-0.3, -0.25) is 4.79 Å². The third-order valence-corrected chi connectivity index (χ3v) is 3.18. The van der Waals surface area contributed by atoms with Crippen molar-refractivity contribution in [3.05, 3.63) is 71.5 Å². The van der Waals surface area contributed by atoms with E-state index >= 15 is 0 Å². The van der Waals surface area contributed by atoms with Crippen molar-refractivity contribution >= 4 is 5.91 Å². The highest BCUT2D eigenvalue weighted by Gasteiger charge is 2.16. The van der Waals surface area contributed by atoms with Gasteiger partial charge in [-0.05, 0) is 29.8 Å². The first kappa shape index (κ1) is 13.2. The number of carbonyl (C=O) groups excluding carboxylic acids is 1. The first-order chi connectivity index (χ1) is 10.2. The first-order valence-electron chi connectivity index (χ1n) is 6.48. The minimum absolute atomic E-state index is 0.183. The molecule has 106 valence electrons. The highest BCUT2D eigenvalue weighted by Crippen LogP contribution is 2.19. The molecule has 2 aliphatic rings. The van der Waals surface area contributed by atoms with E-state index in [0.717, 1.165) is 11.3 Å². The number of amides is 1. The zero-order valence-electron chi connectivity index (χ0n) is 11.2. The molecule has 0 unspecified atom stereocenters. The van der Waals surface area contributed by atoms with Crippen LogP contribution in [0.5, 0.6) is 0 Å². The van der Waals surface area contributed by atoms with Gasteiger partial charge in [-0.2, -0.15) is 10.2 Å². The number of allylic oxidation sites excluding steroid dienone is 1. The highest BCUT2D eigenvalue weighted by atomic mass is 19.1. The number of carbonyl (C=O) groups is 1. The second kappa shape index (κ2) is 5.70. The lowest BCUT2D eigenvalue weighted by Crippen LogP contribution is -2.28. The van der Waals surface area contributed by atoms with E-state index in [-0.39, 0.29) is 11.7 Å². The van der Waals surface area contributed by atoms with Crippen LogP contribution in [0.2, 0.25) is 0 Å². The second-order valence-electron chi connectivity index (χ2n) is 4.65. The number of fused-ring (bicyclic) bond motifs is 1. The Labute approximate surface area is 121 Å². The second-order valence-corrected chi connectivity index (χ2v) is 4.65. The van der Waals surface area contributed by atoms with Crippen molar-refractivity contribution in [3.8, 4) is 0 Å². The van der Waals surface area contributed by atoms with E-state index in [1.165, 1.54) is 12.1 Å². The van der Waals surface area contributed by atoms with Gasteiger partial charge < -0.3 is 10.2 Å². The smallest absolute Gasteiger partial charge is 0.253 e. The van der Waals surface area contributed by atoms with Gasteiger partial charge in [0.15, 0.2) is 0 Å². The molecule has 6 heteroatoms. The number of azo groups is 1. The van der Waals surface area contributed by atoms with Gasteiger partial charge in [-0.25, -0.2) is 4.39 Å². The normalized spacial score (nSPS) is 16.1. The van der Waals surface area contributed by atoms with Crippen LogP contribution in [-0.2, 0) is 11.3 Å². The summed E-state index contributed by atoms with van der Waals surface area (Å²) in [5.74, 6) is -0.473. The van der Waals surface area contributed by atoms with Gasteiger partial charge in [0, 0.05) is 12.7 Å². The molecule has 5 nitrogen and oxygen atoms in total. The molecule has 0 saturated heterocycles. The minimum atomic E-state index is -0.290. The predicted molar refractivity (Wildman–Crippen MR) is 75.1 cm³/mol. The summed E-state index contributed by atoms with van der Waals surface area (Å²) >= 11 is 0. The molecule has 0 fully saturated rings. The SMILES string of the molecule is O=C(NCc1ccc(F)cc1)C1=CN2CN=NC=C2C=C1. The third-order valence-electron chi connectivity index (χ3n) is 3.18. The van der Waals surface area contributed by atoms with Gasteiger partial charge in [0.05, 0.1) is 17.5 Å². The summed E-state index contributed by atoms with van der Waals surface area (Å²) in [6.45, 7) is 0.762. The molecular weight excluding hydrogens is 271 g/mol. The van der Waals surface area contributed by atoms with E-state index in [2.05, 4.69) is 15.5 Å². The number of halogens is 1. The maximum absolute atomic E-state index is 12.8. The maximum atomic E-state index is 12.8. The summed E-state index contributed by atoms with van der Waals surface area (Å²) in [7, 11) is 0. The summed E-state index contributed by atoms with van der Waals surface area (Å²) in [5, 5.41) is 10.5. The molecule has 0 aromatic heterocycles. The van der Waals surface area contributed by atoms with Crippen molar-refractivity contribution < 1.29 is 9.18 Å². The van der Waals surface area contributed by atoms with Crippen LogP contribution in [0.15, 0.2) is 70.3 Å². The zero-order valence-corrected chi connectivity index (χ0v) is 11.2. The van der Waals surface area contributed by atoms with Crippen LogP contribution >= 0.6 is 0 Å². The molecule has 0 atom stereocenters. The lowest BCUT2D eigenvalue weighted by Gasteiger charge is -2.24. The van der Waals surface area contributed by atoms with Gasteiger partial charge in [-0.15, -0.1) is 0 Å². The lowest BCUT2D eigenvalue weighted by molar-refractivity contribution is -0.117. The molecule has 1 amide bonds. The molecule has 21 heavy (non-hydrogen) atoms. The van der Waals surface area contributed by atoms with Crippen molar-refractivity contribution in [1.29, 1.82) is 0 Å². The molecule has 1 aromatic carbocycles. The monoisotopic (exact) mass is 284 g/mol. The molecule has 1 aromatic rings. The largest absolute Gasteiger partial charge is 0.348 e.